The number of rotatable bonds is 4. The first-order valence-electron chi connectivity index (χ1n) is 5.21. The van der Waals surface area contributed by atoms with Crippen molar-refractivity contribution in [1.82, 2.24) is 0 Å². The van der Waals surface area contributed by atoms with Crippen molar-refractivity contribution in [2.24, 2.45) is 0 Å². The highest BCUT2D eigenvalue weighted by Gasteiger charge is 2.23. The van der Waals surface area contributed by atoms with Crippen LogP contribution in [0.4, 0.5) is 5.69 Å². The summed E-state index contributed by atoms with van der Waals surface area (Å²) in [4.78, 5) is 20.9. The molecule has 0 bridgehead atoms. The molecule has 0 unspecified atom stereocenters. The van der Waals surface area contributed by atoms with E-state index < -0.39 is 4.92 Å². The molecule has 0 atom stereocenters. The van der Waals surface area contributed by atoms with Crippen molar-refractivity contribution in [3.05, 3.63) is 32.3 Å². The Morgan fingerprint density at radius 3 is 2.65 bits per heavy atom. The third kappa shape index (κ3) is 2.46. The number of benzene rings is 1. The first-order valence-corrected chi connectivity index (χ1v) is 6.01. The molecule has 0 saturated heterocycles. The second kappa shape index (κ2) is 4.83. The third-order valence-corrected chi connectivity index (χ3v) is 3.37. The monoisotopic (exact) mass is 299 g/mol. The van der Waals surface area contributed by atoms with Crippen LogP contribution in [0.15, 0.2) is 16.6 Å². The fourth-order valence-electron chi connectivity index (χ4n) is 1.57. The molecule has 90 valence electrons. The van der Waals surface area contributed by atoms with Crippen LogP contribution in [-0.2, 0) is 0 Å². The van der Waals surface area contributed by atoms with Crippen LogP contribution in [0.3, 0.4) is 0 Å². The zero-order chi connectivity index (χ0) is 12.4. The number of carbonyl (C=O) groups is 1. The number of nitro groups is 1. The highest BCUT2D eigenvalue weighted by molar-refractivity contribution is 9.10. The van der Waals surface area contributed by atoms with Crippen molar-refractivity contribution >= 4 is 27.9 Å². The van der Waals surface area contributed by atoms with Crippen molar-refractivity contribution in [2.45, 2.75) is 25.4 Å². The summed E-state index contributed by atoms with van der Waals surface area (Å²) < 4.78 is 6.17. The quantitative estimate of drug-likeness (QED) is 0.486. The largest absolute Gasteiger partial charge is 0.489 e. The Balaban J connectivity index is 2.34. The van der Waals surface area contributed by atoms with Gasteiger partial charge >= 0.3 is 0 Å². The summed E-state index contributed by atoms with van der Waals surface area (Å²) >= 11 is 3.25. The minimum Gasteiger partial charge on any atom is -0.489 e. The number of nitro benzene ring substituents is 1. The Bertz CT molecular complexity index is 471. The summed E-state index contributed by atoms with van der Waals surface area (Å²) in [6, 6.07) is 2.71. The van der Waals surface area contributed by atoms with E-state index in [1.165, 1.54) is 12.1 Å². The van der Waals surface area contributed by atoms with Crippen LogP contribution in [0.1, 0.15) is 29.6 Å². The maximum absolute atomic E-state index is 10.8. The van der Waals surface area contributed by atoms with E-state index in [1.54, 1.807) is 0 Å². The Kier molecular flexibility index (Phi) is 3.42. The molecule has 6 heteroatoms. The molecule has 1 aromatic rings. The molecule has 1 saturated carbocycles. The van der Waals surface area contributed by atoms with E-state index in [9.17, 15) is 14.9 Å². The van der Waals surface area contributed by atoms with E-state index in [1.807, 2.05) is 0 Å². The third-order valence-electron chi connectivity index (χ3n) is 2.75. The molecule has 2 rings (SSSR count). The number of hydrogen-bond acceptors (Lipinski definition) is 4. The van der Waals surface area contributed by atoms with Gasteiger partial charge in [-0.25, -0.2) is 0 Å². The van der Waals surface area contributed by atoms with E-state index in [0.717, 1.165) is 19.3 Å². The topological polar surface area (TPSA) is 69.4 Å². The highest BCUT2D eigenvalue weighted by Crippen LogP contribution is 2.35. The van der Waals surface area contributed by atoms with Crippen molar-refractivity contribution in [3.63, 3.8) is 0 Å². The number of ether oxygens (including phenoxy) is 1. The predicted molar refractivity (Wildman–Crippen MR) is 64.5 cm³/mol. The summed E-state index contributed by atoms with van der Waals surface area (Å²) in [6.45, 7) is 0. The van der Waals surface area contributed by atoms with Gasteiger partial charge in [0.15, 0.2) is 6.29 Å². The molecule has 0 radical (unpaired) electrons. The molecular weight excluding hydrogens is 290 g/mol. The van der Waals surface area contributed by atoms with Crippen LogP contribution in [0.5, 0.6) is 5.75 Å². The van der Waals surface area contributed by atoms with Crippen LogP contribution in [-0.4, -0.2) is 17.3 Å². The van der Waals surface area contributed by atoms with E-state index >= 15 is 0 Å². The van der Waals surface area contributed by atoms with Crippen molar-refractivity contribution in [3.8, 4) is 5.75 Å². The van der Waals surface area contributed by atoms with E-state index in [2.05, 4.69) is 15.9 Å². The van der Waals surface area contributed by atoms with Crippen LogP contribution in [0.2, 0.25) is 0 Å². The van der Waals surface area contributed by atoms with Gasteiger partial charge in [-0.15, -0.1) is 0 Å². The second-order valence-corrected chi connectivity index (χ2v) is 4.74. The lowest BCUT2D eigenvalue weighted by Crippen LogP contribution is -2.24. The molecule has 1 aliphatic carbocycles. The van der Waals surface area contributed by atoms with Crippen LogP contribution >= 0.6 is 15.9 Å². The fourth-order valence-corrected chi connectivity index (χ4v) is 2.02. The second-order valence-electron chi connectivity index (χ2n) is 3.89. The van der Waals surface area contributed by atoms with Crippen molar-refractivity contribution < 1.29 is 14.5 Å². The van der Waals surface area contributed by atoms with Gasteiger partial charge in [0.25, 0.3) is 5.69 Å². The SMILES string of the molecule is O=Cc1cc(Br)c(OC2CCC2)cc1[N+](=O)[O-]. The molecule has 1 fully saturated rings. The van der Waals surface area contributed by atoms with Crippen LogP contribution in [0, 0.1) is 10.1 Å². The summed E-state index contributed by atoms with van der Waals surface area (Å²) in [5.41, 5.74) is -0.180. The van der Waals surface area contributed by atoms with Gasteiger partial charge in [-0.3, -0.25) is 14.9 Å². The zero-order valence-electron chi connectivity index (χ0n) is 8.89. The molecule has 0 aliphatic heterocycles. The minimum absolute atomic E-state index is 0.0443. The Morgan fingerprint density at radius 2 is 2.18 bits per heavy atom. The maximum atomic E-state index is 10.8. The molecule has 0 spiro atoms. The Morgan fingerprint density at radius 1 is 1.47 bits per heavy atom. The number of hydrogen-bond donors (Lipinski definition) is 0. The van der Waals surface area contributed by atoms with Crippen LogP contribution in [0.25, 0.3) is 0 Å². The van der Waals surface area contributed by atoms with Gasteiger partial charge in [0.05, 0.1) is 27.1 Å². The van der Waals surface area contributed by atoms with Gasteiger partial charge < -0.3 is 4.74 Å². The Labute approximate surface area is 106 Å². The van der Waals surface area contributed by atoms with E-state index in [4.69, 9.17) is 4.74 Å². The molecule has 17 heavy (non-hydrogen) atoms. The van der Waals surface area contributed by atoms with E-state index in [-0.39, 0.29) is 17.4 Å². The van der Waals surface area contributed by atoms with Crippen molar-refractivity contribution in [2.75, 3.05) is 0 Å². The first kappa shape index (κ1) is 12.0. The molecule has 5 nitrogen and oxygen atoms in total. The zero-order valence-corrected chi connectivity index (χ0v) is 10.5. The smallest absolute Gasteiger partial charge is 0.283 e. The molecular formula is C11H10BrNO4. The standard InChI is InChI=1S/C11H10BrNO4/c12-9-4-7(6-14)10(13(15)16)5-11(9)17-8-2-1-3-8/h4-6,8H,1-3H2. The molecule has 0 heterocycles. The van der Waals surface area contributed by atoms with Gasteiger partial charge in [-0.05, 0) is 41.3 Å². The van der Waals surface area contributed by atoms with Gasteiger partial charge in [0.1, 0.15) is 5.75 Å². The van der Waals surface area contributed by atoms with Gasteiger partial charge in [-0.1, -0.05) is 0 Å². The first-order chi connectivity index (χ1) is 8.11. The molecule has 0 aromatic heterocycles. The number of aldehydes is 1. The summed E-state index contributed by atoms with van der Waals surface area (Å²) in [6.07, 6.45) is 3.66. The number of nitrogens with zero attached hydrogens (tertiary/aromatic N) is 1. The van der Waals surface area contributed by atoms with Gasteiger partial charge in [-0.2, -0.15) is 0 Å². The lowest BCUT2D eigenvalue weighted by atomic mass is 9.96. The van der Waals surface area contributed by atoms with Crippen molar-refractivity contribution in [1.29, 1.82) is 0 Å². The molecule has 0 amide bonds. The fraction of sp³-hybridized carbons (Fsp3) is 0.364. The Hall–Kier alpha value is -1.43. The summed E-state index contributed by atoms with van der Waals surface area (Å²) in [5, 5.41) is 10.8. The molecule has 0 N–H and O–H groups in total. The van der Waals surface area contributed by atoms with Gasteiger partial charge in [0.2, 0.25) is 0 Å². The predicted octanol–water partition coefficient (Wildman–Crippen LogP) is 3.10. The average molecular weight is 300 g/mol. The lowest BCUT2D eigenvalue weighted by Gasteiger charge is -2.26. The lowest BCUT2D eigenvalue weighted by molar-refractivity contribution is -0.385. The average Bonchev–Trinajstić information content (AvgIpc) is 2.24. The van der Waals surface area contributed by atoms with Gasteiger partial charge in [0, 0.05) is 0 Å². The normalized spacial score (nSPS) is 15.1. The van der Waals surface area contributed by atoms with E-state index in [0.29, 0.717) is 16.5 Å². The molecule has 1 aromatic carbocycles. The summed E-state index contributed by atoms with van der Waals surface area (Å²) in [5.74, 6) is 0.423. The van der Waals surface area contributed by atoms with Crippen LogP contribution < -0.4 is 4.74 Å². The molecule has 1 aliphatic rings. The number of halogens is 1. The number of carbonyl (C=O) groups excluding carboxylic acids is 1. The maximum Gasteiger partial charge on any atom is 0.283 e. The minimum atomic E-state index is -0.580. The summed E-state index contributed by atoms with van der Waals surface area (Å²) in [7, 11) is 0. The highest BCUT2D eigenvalue weighted by atomic mass is 79.9.